The van der Waals surface area contributed by atoms with Crippen LogP contribution in [0.5, 0.6) is 0 Å². The molecule has 0 fully saturated rings. The van der Waals surface area contributed by atoms with Gasteiger partial charge in [0.1, 0.15) is 5.01 Å². The van der Waals surface area contributed by atoms with Gasteiger partial charge in [-0.1, -0.05) is 0 Å². The van der Waals surface area contributed by atoms with E-state index >= 15 is 0 Å². The van der Waals surface area contributed by atoms with Crippen LogP contribution in [-0.4, -0.2) is 17.6 Å². The van der Waals surface area contributed by atoms with Crippen LogP contribution in [0.1, 0.15) is 22.3 Å². The zero-order valence-corrected chi connectivity index (χ0v) is 12.5. The molecular weight excluding hydrogens is 322 g/mol. The summed E-state index contributed by atoms with van der Waals surface area (Å²) in [5.41, 5.74) is 0.383. The molecule has 2 heterocycles. The first-order valence-electron chi connectivity index (χ1n) is 5.00. The topological polar surface area (TPSA) is 39.2 Å². The highest BCUT2D eigenvalue weighted by molar-refractivity contribution is 9.10. The minimum atomic E-state index is -0.359. The molecular formula is C11H10BrNO2S2. The second-order valence-corrected chi connectivity index (χ2v) is 6.24. The Labute approximate surface area is 116 Å². The fourth-order valence-corrected chi connectivity index (χ4v) is 3.64. The minimum Gasteiger partial charge on any atom is -0.461 e. The summed E-state index contributed by atoms with van der Waals surface area (Å²) < 4.78 is 5.98. The van der Waals surface area contributed by atoms with Gasteiger partial charge >= 0.3 is 5.97 Å². The number of thiazole rings is 1. The lowest BCUT2D eigenvalue weighted by Gasteiger charge is -1.95. The Morgan fingerprint density at radius 3 is 2.94 bits per heavy atom. The van der Waals surface area contributed by atoms with Gasteiger partial charge < -0.3 is 4.74 Å². The molecule has 0 radical (unpaired) electrons. The van der Waals surface area contributed by atoms with E-state index in [0.29, 0.717) is 12.3 Å². The van der Waals surface area contributed by atoms with Crippen molar-refractivity contribution in [3.8, 4) is 9.88 Å². The predicted molar refractivity (Wildman–Crippen MR) is 73.8 cm³/mol. The second-order valence-electron chi connectivity index (χ2n) is 3.27. The van der Waals surface area contributed by atoms with Gasteiger partial charge in [0.25, 0.3) is 0 Å². The number of hydrogen-bond acceptors (Lipinski definition) is 5. The third kappa shape index (κ3) is 2.75. The number of ether oxygens (including phenoxy) is 1. The van der Waals surface area contributed by atoms with E-state index in [9.17, 15) is 4.79 Å². The molecule has 0 aliphatic heterocycles. The molecule has 2 rings (SSSR count). The van der Waals surface area contributed by atoms with Crippen LogP contribution in [0.4, 0.5) is 0 Å². The first-order valence-corrected chi connectivity index (χ1v) is 7.49. The van der Waals surface area contributed by atoms with Crippen molar-refractivity contribution < 1.29 is 9.53 Å². The number of carbonyl (C=O) groups excluding carboxylic acids is 1. The van der Waals surface area contributed by atoms with Crippen LogP contribution >= 0.6 is 38.6 Å². The van der Waals surface area contributed by atoms with Crippen LogP contribution in [0, 0.1) is 6.92 Å². The van der Waals surface area contributed by atoms with E-state index < -0.39 is 0 Å². The van der Waals surface area contributed by atoms with Crippen LogP contribution in [0.2, 0.25) is 0 Å². The Kier molecular flexibility index (Phi) is 3.96. The van der Waals surface area contributed by atoms with Gasteiger partial charge in [-0.25, -0.2) is 9.78 Å². The summed E-state index contributed by atoms with van der Waals surface area (Å²) in [7, 11) is 0. The van der Waals surface area contributed by atoms with Crippen LogP contribution in [0.25, 0.3) is 9.88 Å². The molecule has 6 heteroatoms. The zero-order valence-electron chi connectivity index (χ0n) is 9.32. The number of aromatic nitrogens is 1. The van der Waals surface area contributed by atoms with Gasteiger partial charge in [0.05, 0.1) is 11.5 Å². The first kappa shape index (κ1) is 12.7. The summed E-state index contributed by atoms with van der Waals surface area (Å²) in [5, 5.41) is 2.59. The summed E-state index contributed by atoms with van der Waals surface area (Å²) in [6, 6.07) is 2.02. The van der Waals surface area contributed by atoms with E-state index in [1.54, 1.807) is 23.6 Å². The Morgan fingerprint density at radius 1 is 1.59 bits per heavy atom. The first-order chi connectivity index (χ1) is 8.11. The fourth-order valence-electron chi connectivity index (χ4n) is 1.25. The molecule has 0 aliphatic rings. The lowest BCUT2D eigenvalue weighted by atomic mass is 10.4. The summed E-state index contributed by atoms with van der Waals surface area (Å²) in [6.07, 6.45) is 0. The van der Waals surface area contributed by atoms with Crippen molar-refractivity contribution in [2.75, 3.05) is 6.61 Å². The third-order valence-electron chi connectivity index (χ3n) is 2.06. The van der Waals surface area contributed by atoms with Crippen molar-refractivity contribution in [1.29, 1.82) is 0 Å². The minimum absolute atomic E-state index is 0.359. The van der Waals surface area contributed by atoms with E-state index in [0.717, 1.165) is 14.4 Å². The van der Waals surface area contributed by atoms with Crippen molar-refractivity contribution in [2.24, 2.45) is 0 Å². The normalized spacial score (nSPS) is 10.5. The number of thiophene rings is 1. The maximum absolute atomic E-state index is 11.5. The average molecular weight is 332 g/mol. The molecule has 17 heavy (non-hydrogen) atoms. The van der Waals surface area contributed by atoms with Crippen LogP contribution in [0.3, 0.4) is 0 Å². The largest absolute Gasteiger partial charge is 0.461 e. The van der Waals surface area contributed by atoms with Gasteiger partial charge in [-0.05, 0) is 35.8 Å². The van der Waals surface area contributed by atoms with E-state index in [4.69, 9.17) is 4.74 Å². The molecule has 0 aliphatic carbocycles. The Morgan fingerprint density at radius 2 is 2.35 bits per heavy atom. The molecule has 0 saturated carbocycles. The van der Waals surface area contributed by atoms with E-state index in [1.165, 1.54) is 16.2 Å². The molecule has 0 saturated heterocycles. The SMILES string of the molecule is CCOC(=O)c1csc(-c2cc(Br)c(C)s2)n1. The standard InChI is InChI=1S/C11H10BrNO2S2/c1-3-15-11(14)8-5-16-10(13-8)9-4-7(12)6(2)17-9/h4-5H,3H2,1-2H3. The van der Waals surface area contributed by atoms with Gasteiger partial charge in [0, 0.05) is 14.7 Å². The van der Waals surface area contributed by atoms with Gasteiger partial charge in [-0.2, -0.15) is 0 Å². The highest BCUT2D eigenvalue weighted by Crippen LogP contribution is 2.35. The van der Waals surface area contributed by atoms with Gasteiger partial charge in [-0.3, -0.25) is 0 Å². The lowest BCUT2D eigenvalue weighted by molar-refractivity contribution is 0.0520. The monoisotopic (exact) mass is 331 g/mol. The third-order valence-corrected chi connectivity index (χ3v) is 5.20. The number of nitrogens with zero attached hydrogens (tertiary/aromatic N) is 1. The number of halogens is 1. The van der Waals surface area contributed by atoms with Crippen LogP contribution in [0.15, 0.2) is 15.9 Å². The number of aryl methyl sites for hydroxylation is 1. The number of esters is 1. The molecule has 2 aromatic heterocycles. The number of rotatable bonds is 3. The molecule has 0 bridgehead atoms. The quantitative estimate of drug-likeness (QED) is 0.794. The smallest absolute Gasteiger partial charge is 0.357 e. The zero-order chi connectivity index (χ0) is 12.4. The highest BCUT2D eigenvalue weighted by Gasteiger charge is 2.14. The predicted octanol–water partition coefficient (Wildman–Crippen LogP) is 4.12. The van der Waals surface area contributed by atoms with Crippen LogP contribution < -0.4 is 0 Å². The number of hydrogen-bond donors (Lipinski definition) is 0. The second kappa shape index (κ2) is 5.29. The molecule has 3 nitrogen and oxygen atoms in total. The fraction of sp³-hybridized carbons (Fsp3) is 0.273. The van der Waals surface area contributed by atoms with E-state index in [-0.39, 0.29) is 5.97 Å². The lowest BCUT2D eigenvalue weighted by Crippen LogP contribution is -2.04. The van der Waals surface area contributed by atoms with Crippen molar-refractivity contribution in [3.05, 3.63) is 26.5 Å². The van der Waals surface area contributed by atoms with Gasteiger partial charge in [0.2, 0.25) is 0 Å². The van der Waals surface area contributed by atoms with E-state index in [1.807, 2.05) is 13.0 Å². The highest BCUT2D eigenvalue weighted by atomic mass is 79.9. The maximum atomic E-state index is 11.5. The van der Waals surface area contributed by atoms with Crippen molar-refractivity contribution in [1.82, 2.24) is 4.98 Å². The van der Waals surface area contributed by atoms with Crippen molar-refractivity contribution in [2.45, 2.75) is 13.8 Å². The molecule has 90 valence electrons. The summed E-state index contributed by atoms with van der Waals surface area (Å²) >= 11 is 6.58. The molecule has 0 unspecified atom stereocenters. The Bertz CT molecular complexity index is 528. The van der Waals surface area contributed by atoms with Crippen molar-refractivity contribution >= 4 is 44.6 Å². The Hall–Kier alpha value is -0.720. The average Bonchev–Trinajstić information content (AvgIpc) is 2.87. The summed E-state index contributed by atoms with van der Waals surface area (Å²) in [5.74, 6) is -0.359. The summed E-state index contributed by atoms with van der Waals surface area (Å²) in [4.78, 5) is 18.0. The number of carbonyl (C=O) groups is 1. The Balaban J connectivity index is 2.26. The van der Waals surface area contributed by atoms with Gasteiger partial charge in [0.15, 0.2) is 5.69 Å². The van der Waals surface area contributed by atoms with Crippen LogP contribution in [-0.2, 0) is 4.74 Å². The molecule has 0 N–H and O–H groups in total. The molecule has 0 atom stereocenters. The molecule has 0 aromatic carbocycles. The molecule has 0 spiro atoms. The van der Waals surface area contributed by atoms with Gasteiger partial charge in [-0.15, -0.1) is 22.7 Å². The molecule has 2 aromatic rings. The maximum Gasteiger partial charge on any atom is 0.357 e. The molecule has 0 amide bonds. The van der Waals surface area contributed by atoms with Crippen molar-refractivity contribution in [3.63, 3.8) is 0 Å². The summed E-state index contributed by atoms with van der Waals surface area (Å²) in [6.45, 7) is 4.19. The van der Waals surface area contributed by atoms with E-state index in [2.05, 4.69) is 20.9 Å².